The van der Waals surface area contributed by atoms with Crippen molar-refractivity contribution >= 4 is 5.69 Å². The third-order valence-corrected chi connectivity index (χ3v) is 2.80. The molecule has 0 aliphatic carbocycles. The van der Waals surface area contributed by atoms with Crippen LogP contribution in [0.4, 0.5) is 5.69 Å². The fourth-order valence-electron chi connectivity index (χ4n) is 1.85. The Hall–Kier alpha value is -1.02. The van der Waals surface area contributed by atoms with Crippen LogP contribution in [0.25, 0.3) is 0 Å². The normalized spacial score (nSPS) is 12.4. The van der Waals surface area contributed by atoms with E-state index in [1.165, 1.54) is 5.69 Å². The highest BCUT2D eigenvalue weighted by molar-refractivity contribution is 5.45. The molecule has 1 rings (SSSR count). The van der Waals surface area contributed by atoms with Crippen LogP contribution in [0.3, 0.4) is 0 Å². The number of anilines is 1. The maximum Gasteiger partial charge on any atom is 0.0512 e. The first-order chi connectivity index (χ1) is 7.74. The van der Waals surface area contributed by atoms with E-state index in [4.69, 9.17) is 0 Å². The van der Waals surface area contributed by atoms with Gasteiger partial charge in [0.2, 0.25) is 0 Å². The predicted octanol–water partition coefficient (Wildman–Crippen LogP) is 3.06. The minimum absolute atomic E-state index is 0.160. The molecular weight excluding hydrogens is 198 g/mol. The van der Waals surface area contributed by atoms with Crippen molar-refractivity contribution in [2.75, 3.05) is 18.0 Å². The molecule has 0 saturated heterocycles. The number of aliphatic hydroxyl groups is 1. The molecule has 0 heterocycles. The molecule has 1 aromatic carbocycles. The van der Waals surface area contributed by atoms with Gasteiger partial charge in [-0.25, -0.2) is 0 Å². The summed E-state index contributed by atoms with van der Waals surface area (Å²) in [5.74, 6) is 0. The summed E-state index contributed by atoms with van der Waals surface area (Å²) < 4.78 is 0. The number of rotatable bonds is 7. The molecule has 1 atom stereocenters. The van der Waals surface area contributed by atoms with Crippen LogP contribution >= 0.6 is 0 Å². The number of hydrogen-bond donors (Lipinski definition) is 1. The van der Waals surface area contributed by atoms with Gasteiger partial charge >= 0.3 is 0 Å². The summed E-state index contributed by atoms with van der Waals surface area (Å²) in [6.45, 7) is 6.16. The van der Waals surface area contributed by atoms with E-state index < -0.39 is 0 Å². The maximum absolute atomic E-state index is 9.18. The lowest BCUT2D eigenvalue weighted by Gasteiger charge is -2.23. The summed E-state index contributed by atoms with van der Waals surface area (Å²) in [4.78, 5) is 2.38. The van der Waals surface area contributed by atoms with Gasteiger partial charge in [-0.05, 0) is 45.2 Å². The van der Waals surface area contributed by atoms with Crippen LogP contribution < -0.4 is 4.90 Å². The van der Waals surface area contributed by atoms with Crippen molar-refractivity contribution in [3.63, 3.8) is 0 Å². The van der Waals surface area contributed by atoms with Crippen molar-refractivity contribution in [3.8, 4) is 0 Å². The van der Waals surface area contributed by atoms with Crippen molar-refractivity contribution in [2.45, 2.75) is 39.2 Å². The van der Waals surface area contributed by atoms with E-state index in [1.54, 1.807) is 0 Å². The van der Waals surface area contributed by atoms with Gasteiger partial charge in [0.15, 0.2) is 0 Å². The summed E-state index contributed by atoms with van der Waals surface area (Å²) in [5, 5.41) is 9.18. The van der Waals surface area contributed by atoms with Crippen LogP contribution in [0.2, 0.25) is 0 Å². The lowest BCUT2D eigenvalue weighted by Crippen LogP contribution is -2.23. The molecular formula is C14H23NO. The molecule has 0 saturated carbocycles. The second-order valence-electron chi connectivity index (χ2n) is 4.26. The molecule has 0 aliphatic heterocycles. The number of unbranched alkanes of at least 4 members (excludes halogenated alkanes) is 1. The summed E-state index contributed by atoms with van der Waals surface area (Å²) in [6, 6.07) is 10.5. The van der Waals surface area contributed by atoms with Crippen LogP contribution in [0.5, 0.6) is 0 Å². The highest BCUT2D eigenvalue weighted by Gasteiger charge is 2.03. The van der Waals surface area contributed by atoms with Crippen molar-refractivity contribution in [1.29, 1.82) is 0 Å². The van der Waals surface area contributed by atoms with Gasteiger partial charge in [-0.1, -0.05) is 18.2 Å². The lowest BCUT2D eigenvalue weighted by molar-refractivity contribution is 0.181. The van der Waals surface area contributed by atoms with E-state index in [1.807, 2.05) is 13.0 Å². The average molecular weight is 221 g/mol. The number of nitrogens with zero attached hydrogens (tertiary/aromatic N) is 1. The summed E-state index contributed by atoms with van der Waals surface area (Å²) in [6.07, 6.45) is 2.99. The van der Waals surface area contributed by atoms with Gasteiger partial charge in [0.1, 0.15) is 0 Å². The van der Waals surface area contributed by atoms with Crippen LogP contribution in [0, 0.1) is 0 Å². The van der Waals surface area contributed by atoms with E-state index in [-0.39, 0.29) is 6.10 Å². The first-order valence-corrected chi connectivity index (χ1v) is 6.22. The van der Waals surface area contributed by atoms with Gasteiger partial charge in [0.05, 0.1) is 6.10 Å². The molecule has 2 heteroatoms. The number of para-hydroxylation sites is 1. The van der Waals surface area contributed by atoms with Crippen molar-refractivity contribution in [3.05, 3.63) is 30.3 Å². The van der Waals surface area contributed by atoms with Crippen molar-refractivity contribution in [1.82, 2.24) is 0 Å². The van der Waals surface area contributed by atoms with Gasteiger partial charge < -0.3 is 10.0 Å². The monoisotopic (exact) mass is 221 g/mol. The largest absolute Gasteiger partial charge is 0.393 e. The molecule has 0 aromatic heterocycles. The van der Waals surface area contributed by atoms with Gasteiger partial charge in [0.25, 0.3) is 0 Å². The fourth-order valence-corrected chi connectivity index (χ4v) is 1.85. The van der Waals surface area contributed by atoms with Crippen LogP contribution in [-0.2, 0) is 0 Å². The quantitative estimate of drug-likeness (QED) is 0.715. The van der Waals surface area contributed by atoms with Crippen LogP contribution in [-0.4, -0.2) is 24.3 Å². The Morgan fingerprint density at radius 3 is 2.44 bits per heavy atom. The van der Waals surface area contributed by atoms with Crippen LogP contribution in [0.1, 0.15) is 33.1 Å². The zero-order chi connectivity index (χ0) is 11.8. The summed E-state index contributed by atoms with van der Waals surface area (Å²) in [7, 11) is 0. The molecule has 1 aromatic rings. The van der Waals surface area contributed by atoms with Gasteiger partial charge in [0, 0.05) is 18.8 Å². The Kier molecular flexibility index (Phi) is 5.94. The predicted molar refractivity (Wildman–Crippen MR) is 69.9 cm³/mol. The number of benzene rings is 1. The van der Waals surface area contributed by atoms with E-state index in [0.717, 1.165) is 32.4 Å². The SMILES string of the molecule is CCN(CCCCC(C)O)c1ccccc1. The van der Waals surface area contributed by atoms with Gasteiger partial charge in [-0.3, -0.25) is 0 Å². The molecule has 0 spiro atoms. The Morgan fingerprint density at radius 2 is 1.88 bits per heavy atom. The molecule has 0 radical (unpaired) electrons. The molecule has 0 amide bonds. The number of hydrogen-bond acceptors (Lipinski definition) is 2. The Labute approximate surface area is 98.9 Å². The second kappa shape index (κ2) is 7.29. The zero-order valence-corrected chi connectivity index (χ0v) is 10.4. The minimum Gasteiger partial charge on any atom is -0.393 e. The summed E-state index contributed by atoms with van der Waals surface area (Å²) in [5.41, 5.74) is 1.29. The van der Waals surface area contributed by atoms with Gasteiger partial charge in [-0.15, -0.1) is 0 Å². The first kappa shape index (κ1) is 13.0. The first-order valence-electron chi connectivity index (χ1n) is 6.22. The smallest absolute Gasteiger partial charge is 0.0512 e. The third-order valence-electron chi connectivity index (χ3n) is 2.80. The Bertz CT molecular complexity index is 271. The zero-order valence-electron chi connectivity index (χ0n) is 10.4. The summed E-state index contributed by atoms with van der Waals surface area (Å²) >= 11 is 0. The molecule has 0 fully saturated rings. The molecule has 90 valence electrons. The number of aliphatic hydroxyl groups excluding tert-OH is 1. The molecule has 1 N–H and O–H groups in total. The van der Waals surface area contributed by atoms with E-state index in [9.17, 15) is 5.11 Å². The third kappa shape index (κ3) is 4.67. The fraction of sp³-hybridized carbons (Fsp3) is 0.571. The molecule has 2 nitrogen and oxygen atoms in total. The van der Waals surface area contributed by atoms with Crippen molar-refractivity contribution < 1.29 is 5.11 Å². The van der Waals surface area contributed by atoms with Crippen molar-refractivity contribution in [2.24, 2.45) is 0 Å². The maximum atomic E-state index is 9.18. The highest BCUT2D eigenvalue weighted by Crippen LogP contribution is 2.14. The molecule has 1 unspecified atom stereocenters. The standard InChI is InChI=1S/C14H23NO/c1-3-15(12-8-7-9-13(2)16)14-10-5-4-6-11-14/h4-6,10-11,13,16H,3,7-9,12H2,1-2H3. The van der Waals surface area contributed by atoms with E-state index >= 15 is 0 Å². The second-order valence-corrected chi connectivity index (χ2v) is 4.26. The van der Waals surface area contributed by atoms with E-state index in [0.29, 0.717) is 0 Å². The molecule has 0 bridgehead atoms. The van der Waals surface area contributed by atoms with Crippen LogP contribution in [0.15, 0.2) is 30.3 Å². The Balaban J connectivity index is 2.33. The molecule has 0 aliphatic rings. The topological polar surface area (TPSA) is 23.5 Å². The van der Waals surface area contributed by atoms with E-state index in [2.05, 4.69) is 36.1 Å². The minimum atomic E-state index is -0.160. The Morgan fingerprint density at radius 1 is 1.19 bits per heavy atom. The molecule has 16 heavy (non-hydrogen) atoms. The average Bonchev–Trinajstić information content (AvgIpc) is 2.30. The highest BCUT2D eigenvalue weighted by atomic mass is 16.3. The lowest BCUT2D eigenvalue weighted by atomic mass is 10.1. The van der Waals surface area contributed by atoms with Gasteiger partial charge in [-0.2, -0.15) is 0 Å².